The van der Waals surface area contributed by atoms with Crippen molar-refractivity contribution in [1.29, 1.82) is 0 Å². The quantitative estimate of drug-likeness (QED) is 0.591. The van der Waals surface area contributed by atoms with Crippen molar-refractivity contribution >= 4 is 29.2 Å². The molecule has 7 nitrogen and oxygen atoms in total. The summed E-state index contributed by atoms with van der Waals surface area (Å²) in [5.74, 6) is 0.291. The molecule has 1 fully saturated rings. The molecule has 3 rings (SSSR count). The van der Waals surface area contributed by atoms with E-state index in [1.165, 1.54) is 11.8 Å². The second kappa shape index (κ2) is 8.75. The number of carbonyl (C=O) groups is 1. The van der Waals surface area contributed by atoms with Crippen molar-refractivity contribution in [3.8, 4) is 0 Å². The third-order valence-corrected chi connectivity index (χ3v) is 6.06. The Bertz CT molecular complexity index is 796. The number of piperidine rings is 1. The number of rotatable bonds is 4. The Hall–Kier alpha value is -1.71. The zero-order valence-electron chi connectivity index (χ0n) is 16.6. The first-order valence-electron chi connectivity index (χ1n) is 9.24. The lowest BCUT2D eigenvalue weighted by molar-refractivity contribution is 0.0205. The van der Waals surface area contributed by atoms with Crippen LogP contribution in [0, 0.1) is 0 Å². The van der Waals surface area contributed by atoms with Gasteiger partial charge in [0, 0.05) is 42.3 Å². The van der Waals surface area contributed by atoms with Gasteiger partial charge in [-0.05, 0) is 39.9 Å². The third kappa shape index (κ3) is 5.21. The highest BCUT2D eigenvalue weighted by atomic mass is 32.2. The van der Waals surface area contributed by atoms with Crippen LogP contribution < -0.4 is 0 Å². The molecular formula is C19H26N4O3S2. The summed E-state index contributed by atoms with van der Waals surface area (Å²) < 4.78 is 5.45. The van der Waals surface area contributed by atoms with Gasteiger partial charge in [0.2, 0.25) is 0 Å². The fraction of sp³-hybridized carbons (Fsp3) is 0.579. The predicted octanol–water partition coefficient (Wildman–Crippen LogP) is 3.85. The van der Waals surface area contributed by atoms with Crippen LogP contribution in [-0.4, -0.2) is 56.0 Å². The summed E-state index contributed by atoms with van der Waals surface area (Å²) in [6, 6.07) is 0. The SMILES string of the molecule is CSc1ncc(C(O)c2csc(C3CCN(C(=O)OC(C)(C)C)CC3)n2)cn1. The Kier molecular flexibility index (Phi) is 6.57. The van der Waals surface area contributed by atoms with Crippen LogP contribution in [0.15, 0.2) is 22.9 Å². The molecule has 1 N–H and O–H groups in total. The summed E-state index contributed by atoms with van der Waals surface area (Å²) in [6.45, 7) is 6.93. The number of amides is 1. The third-order valence-electron chi connectivity index (χ3n) is 4.46. The van der Waals surface area contributed by atoms with Crippen molar-refractivity contribution in [3.05, 3.63) is 34.0 Å². The van der Waals surface area contributed by atoms with E-state index < -0.39 is 11.7 Å². The van der Waals surface area contributed by atoms with Crippen LogP contribution in [0.5, 0.6) is 0 Å². The van der Waals surface area contributed by atoms with E-state index in [2.05, 4.69) is 15.0 Å². The molecule has 0 radical (unpaired) electrons. The minimum atomic E-state index is -0.831. The van der Waals surface area contributed by atoms with Gasteiger partial charge in [-0.2, -0.15) is 0 Å². The van der Waals surface area contributed by atoms with E-state index in [1.54, 1.807) is 28.6 Å². The smallest absolute Gasteiger partial charge is 0.410 e. The van der Waals surface area contributed by atoms with Crippen molar-refractivity contribution in [1.82, 2.24) is 19.9 Å². The average Bonchev–Trinajstić information content (AvgIpc) is 3.16. The van der Waals surface area contributed by atoms with Crippen molar-refractivity contribution in [2.75, 3.05) is 19.3 Å². The first-order valence-corrected chi connectivity index (χ1v) is 11.3. The normalized spacial score (nSPS) is 16.8. The Morgan fingerprint density at radius 3 is 2.54 bits per heavy atom. The summed E-state index contributed by atoms with van der Waals surface area (Å²) in [6.07, 6.45) is 5.79. The Labute approximate surface area is 173 Å². The lowest BCUT2D eigenvalue weighted by atomic mass is 9.98. The highest BCUT2D eigenvalue weighted by molar-refractivity contribution is 7.98. The van der Waals surface area contributed by atoms with Gasteiger partial charge in [0.05, 0.1) is 10.7 Å². The van der Waals surface area contributed by atoms with Gasteiger partial charge in [-0.15, -0.1) is 11.3 Å². The molecule has 0 bridgehead atoms. The van der Waals surface area contributed by atoms with E-state index in [1.807, 2.05) is 32.4 Å². The molecule has 0 aromatic carbocycles. The standard InChI is InChI=1S/C19H26N4O3S2/c1-19(2,3)26-18(25)23-7-5-12(6-8-23)16-22-14(11-28-16)15(24)13-9-20-17(27-4)21-10-13/h9-12,15,24H,5-8H2,1-4H3. The topological polar surface area (TPSA) is 88.4 Å². The maximum Gasteiger partial charge on any atom is 0.410 e. The second-order valence-corrected chi connectivity index (χ2v) is 9.42. The van der Waals surface area contributed by atoms with E-state index in [-0.39, 0.29) is 6.09 Å². The van der Waals surface area contributed by atoms with Crippen molar-refractivity contribution in [2.24, 2.45) is 0 Å². The van der Waals surface area contributed by atoms with Crippen LogP contribution in [0.2, 0.25) is 0 Å². The van der Waals surface area contributed by atoms with Gasteiger partial charge in [-0.3, -0.25) is 0 Å². The second-order valence-electron chi connectivity index (χ2n) is 7.76. The van der Waals surface area contributed by atoms with Gasteiger partial charge in [-0.1, -0.05) is 11.8 Å². The van der Waals surface area contributed by atoms with Gasteiger partial charge in [-0.25, -0.2) is 19.7 Å². The fourth-order valence-corrected chi connectivity index (χ4v) is 4.32. The molecule has 28 heavy (non-hydrogen) atoms. The number of ether oxygens (including phenoxy) is 1. The van der Waals surface area contributed by atoms with Gasteiger partial charge in [0.25, 0.3) is 0 Å². The number of nitrogens with zero attached hydrogens (tertiary/aromatic N) is 4. The molecular weight excluding hydrogens is 396 g/mol. The van der Waals surface area contributed by atoms with E-state index in [0.717, 1.165) is 17.8 Å². The summed E-state index contributed by atoms with van der Waals surface area (Å²) in [4.78, 5) is 27.0. The maximum atomic E-state index is 12.2. The molecule has 1 unspecified atom stereocenters. The van der Waals surface area contributed by atoms with Crippen LogP contribution in [-0.2, 0) is 4.74 Å². The van der Waals surface area contributed by atoms with E-state index >= 15 is 0 Å². The lowest BCUT2D eigenvalue weighted by Gasteiger charge is -2.32. The fourth-order valence-electron chi connectivity index (χ4n) is 2.99. The van der Waals surface area contributed by atoms with E-state index in [0.29, 0.717) is 35.4 Å². The molecule has 152 valence electrons. The summed E-state index contributed by atoms with van der Waals surface area (Å²) in [7, 11) is 0. The molecule has 0 spiro atoms. The van der Waals surface area contributed by atoms with Crippen molar-refractivity contribution in [3.63, 3.8) is 0 Å². The van der Waals surface area contributed by atoms with Crippen LogP contribution in [0.4, 0.5) is 4.79 Å². The van der Waals surface area contributed by atoms with Gasteiger partial charge < -0.3 is 14.7 Å². The molecule has 0 aliphatic carbocycles. The maximum absolute atomic E-state index is 12.2. The lowest BCUT2D eigenvalue weighted by Crippen LogP contribution is -2.41. The molecule has 1 saturated heterocycles. The molecule has 1 aliphatic rings. The molecule has 1 atom stereocenters. The van der Waals surface area contributed by atoms with Gasteiger partial charge in [0.1, 0.15) is 11.7 Å². The van der Waals surface area contributed by atoms with E-state index in [9.17, 15) is 9.90 Å². The number of hydrogen-bond acceptors (Lipinski definition) is 8. The van der Waals surface area contributed by atoms with E-state index in [4.69, 9.17) is 4.74 Å². The molecule has 9 heteroatoms. The minimum absolute atomic E-state index is 0.255. The molecule has 3 heterocycles. The number of aliphatic hydroxyl groups is 1. The number of carbonyl (C=O) groups excluding carboxylic acids is 1. The summed E-state index contributed by atoms with van der Waals surface area (Å²) in [5, 5.41) is 14.1. The average molecular weight is 423 g/mol. The first-order chi connectivity index (χ1) is 13.3. The number of thiazole rings is 1. The number of hydrogen-bond donors (Lipinski definition) is 1. The molecule has 2 aromatic heterocycles. The van der Waals surface area contributed by atoms with Crippen molar-refractivity contribution in [2.45, 2.75) is 56.4 Å². The zero-order valence-corrected chi connectivity index (χ0v) is 18.2. The molecule has 1 aliphatic heterocycles. The molecule has 1 amide bonds. The van der Waals surface area contributed by atoms with Crippen LogP contribution in [0.25, 0.3) is 0 Å². The van der Waals surface area contributed by atoms with Crippen LogP contribution in [0.3, 0.4) is 0 Å². The first kappa shape index (κ1) is 21.0. The predicted molar refractivity (Wildman–Crippen MR) is 110 cm³/mol. The monoisotopic (exact) mass is 422 g/mol. The highest BCUT2D eigenvalue weighted by Crippen LogP contribution is 2.33. The summed E-state index contributed by atoms with van der Waals surface area (Å²) in [5.41, 5.74) is 0.774. The largest absolute Gasteiger partial charge is 0.444 e. The molecule has 2 aromatic rings. The zero-order chi connectivity index (χ0) is 20.3. The van der Waals surface area contributed by atoms with Crippen molar-refractivity contribution < 1.29 is 14.6 Å². The number of thioether (sulfide) groups is 1. The Morgan fingerprint density at radius 2 is 1.96 bits per heavy atom. The minimum Gasteiger partial charge on any atom is -0.444 e. The van der Waals surface area contributed by atoms with Gasteiger partial charge >= 0.3 is 6.09 Å². The Morgan fingerprint density at radius 1 is 1.32 bits per heavy atom. The van der Waals surface area contributed by atoms with Gasteiger partial charge in [0.15, 0.2) is 5.16 Å². The number of likely N-dealkylation sites (tertiary alicyclic amines) is 1. The Balaban J connectivity index is 1.59. The highest BCUT2D eigenvalue weighted by Gasteiger charge is 2.29. The van der Waals surface area contributed by atoms with Crippen LogP contribution >= 0.6 is 23.1 Å². The molecule has 0 saturated carbocycles. The summed E-state index contributed by atoms with van der Waals surface area (Å²) >= 11 is 3.01. The number of aromatic nitrogens is 3. The van der Waals surface area contributed by atoms with Crippen LogP contribution in [0.1, 0.15) is 61.9 Å². The number of aliphatic hydroxyl groups excluding tert-OH is 1.